The topological polar surface area (TPSA) is 71.4 Å². The Morgan fingerprint density at radius 1 is 1.00 bits per heavy atom. The van der Waals surface area contributed by atoms with Gasteiger partial charge in [-0.15, -0.1) is 4.40 Å². The number of thiazole rings is 1. The number of anilines is 1. The van der Waals surface area contributed by atoms with Gasteiger partial charge in [-0.1, -0.05) is 83.8 Å². The molecule has 3 aromatic rings. The van der Waals surface area contributed by atoms with Gasteiger partial charge in [-0.05, 0) is 5.56 Å². The Morgan fingerprint density at radius 2 is 1.68 bits per heavy atom. The molecule has 4 rings (SSSR count). The first-order chi connectivity index (χ1) is 12.1. The Hall–Kier alpha value is -2.16. The average molecular weight is 388 g/mol. The maximum absolute atomic E-state index is 12.5. The third kappa shape index (κ3) is 3.46. The summed E-state index contributed by atoms with van der Waals surface area (Å²) in [5.74, 6) is 1.40. The second-order valence-corrected chi connectivity index (χ2v) is 9.32. The van der Waals surface area contributed by atoms with Crippen LogP contribution in [-0.2, 0) is 15.8 Å². The van der Waals surface area contributed by atoms with Gasteiger partial charge in [0.1, 0.15) is 0 Å². The highest BCUT2D eigenvalue weighted by molar-refractivity contribution is 8.00. The van der Waals surface area contributed by atoms with Crippen LogP contribution in [0.15, 0.2) is 73.6 Å². The van der Waals surface area contributed by atoms with Gasteiger partial charge < -0.3 is 5.32 Å². The number of sulfonamides is 1. The fraction of sp³-hybridized carbons (Fsp3) is 0.0588. The van der Waals surface area contributed by atoms with E-state index in [1.54, 1.807) is 0 Å². The predicted molar refractivity (Wildman–Crippen MR) is 102 cm³/mol. The van der Waals surface area contributed by atoms with E-state index in [-0.39, 0.29) is 4.21 Å². The molecule has 0 fully saturated rings. The first-order valence-corrected chi connectivity index (χ1v) is 10.7. The van der Waals surface area contributed by atoms with Gasteiger partial charge in [0, 0.05) is 11.3 Å². The van der Waals surface area contributed by atoms with Crippen LogP contribution in [-0.4, -0.2) is 19.2 Å². The molecule has 0 bridgehead atoms. The van der Waals surface area contributed by atoms with Gasteiger partial charge in [-0.3, -0.25) is 0 Å². The van der Waals surface area contributed by atoms with E-state index in [2.05, 4.69) is 14.7 Å². The molecule has 0 aliphatic carbocycles. The van der Waals surface area contributed by atoms with Gasteiger partial charge in [0.25, 0.3) is 10.0 Å². The number of rotatable bonds is 4. The number of benzene rings is 2. The summed E-state index contributed by atoms with van der Waals surface area (Å²) in [4.78, 5) is 4.45. The molecular formula is C17H13N3O2S3. The minimum atomic E-state index is -3.73. The number of aromatic nitrogens is 1. The molecule has 8 heteroatoms. The smallest absolute Gasteiger partial charge is 0.297 e. The first-order valence-electron chi connectivity index (χ1n) is 7.47. The number of nitrogens with zero attached hydrogens (tertiary/aromatic N) is 2. The highest BCUT2D eigenvalue weighted by Gasteiger charge is 2.30. The fourth-order valence-electron chi connectivity index (χ4n) is 2.34. The first kappa shape index (κ1) is 16.3. The molecule has 2 heterocycles. The molecule has 0 saturated heterocycles. The fourth-order valence-corrected chi connectivity index (χ4v) is 5.87. The molecule has 1 N–H and O–H groups in total. The largest absolute Gasteiger partial charge is 0.322 e. The van der Waals surface area contributed by atoms with Crippen LogP contribution in [0.4, 0.5) is 5.82 Å². The Morgan fingerprint density at radius 3 is 2.40 bits per heavy atom. The number of hydrogen-bond acceptors (Lipinski definition) is 6. The normalized spacial score (nSPS) is 15.1. The van der Waals surface area contributed by atoms with E-state index in [9.17, 15) is 8.42 Å². The molecule has 126 valence electrons. The molecule has 0 amide bonds. The summed E-state index contributed by atoms with van der Waals surface area (Å²) in [6.07, 6.45) is 0. The van der Waals surface area contributed by atoms with E-state index in [1.807, 2.05) is 60.7 Å². The molecule has 0 atom stereocenters. The third-order valence-electron chi connectivity index (χ3n) is 3.51. The molecule has 1 aliphatic rings. The lowest BCUT2D eigenvalue weighted by atomic mass is 10.2. The molecule has 25 heavy (non-hydrogen) atoms. The number of thioether (sulfide) groups is 1. The average Bonchev–Trinajstić information content (AvgIpc) is 3.05. The van der Waals surface area contributed by atoms with E-state index in [0.717, 1.165) is 22.7 Å². The molecule has 0 unspecified atom stereocenters. The summed E-state index contributed by atoms with van der Waals surface area (Å²) in [6, 6.07) is 19.2. The van der Waals surface area contributed by atoms with Crippen molar-refractivity contribution in [1.29, 1.82) is 0 Å². The summed E-state index contributed by atoms with van der Waals surface area (Å²) in [5.41, 5.74) is 1.88. The van der Waals surface area contributed by atoms with Crippen LogP contribution < -0.4 is 5.32 Å². The second kappa shape index (κ2) is 6.62. The van der Waals surface area contributed by atoms with Crippen LogP contribution in [0.3, 0.4) is 0 Å². The van der Waals surface area contributed by atoms with Crippen LogP contribution in [0.2, 0.25) is 0 Å². The Bertz CT molecular complexity index is 1030. The SMILES string of the molecule is O=S1(=O)N=C(c2ccccc2)Nc2nc(SCc3ccccc3)sc21. The lowest BCUT2D eigenvalue weighted by Crippen LogP contribution is -2.21. The zero-order chi connectivity index (χ0) is 17.3. The lowest BCUT2D eigenvalue weighted by Gasteiger charge is -2.13. The summed E-state index contributed by atoms with van der Waals surface area (Å²) >= 11 is 2.67. The van der Waals surface area contributed by atoms with Gasteiger partial charge in [0.2, 0.25) is 0 Å². The van der Waals surface area contributed by atoms with Crippen LogP contribution in [0.1, 0.15) is 11.1 Å². The number of hydrogen-bond donors (Lipinski definition) is 1. The highest BCUT2D eigenvalue weighted by atomic mass is 32.3. The summed E-state index contributed by atoms with van der Waals surface area (Å²) in [6.45, 7) is 0. The van der Waals surface area contributed by atoms with E-state index in [1.165, 1.54) is 11.8 Å². The molecule has 5 nitrogen and oxygen atoms in total. The van der Waals surface area contributed by atoms with Crippen molar-refractivity contribution in [3.05, 3.63) is 71.8 Å². The number of fused-ring (bicyclic) bond motifs is 1. The van der Waals surface area contributed by atoms with Gasteiger partial charge >= 0.3 is 0 Å². The predicted octanol–water partition coefficient (Wildman–Crippen LogP) is 4.00. The monoisotopic (exact) mass is 387 g/mol. The molecule has 1 aromatic heterocycles. The summed E-state index contributed by atoms with van der Waals surface area (Å²) in [7, 11) is -3.73. The number of amidine groups is 1. The second-order valence-electron chi connectivity index (χ2n) is 5.30. The molecule has 0 saturated carbocycles. The van der Waals surface area contributed by atoms with Crippen molar-refractivity contribution in [2.75, 3.05) is 5.32 Å². The van der Waals surface area contributed by atoms with Crippen molar-refractivity contribution >= 4 is 44.8 Å². The van der Waals surface area contributed by atoms with Crippen molar-refractivity contribution in [3.63, 3.8) is 0 Å². The van der Waals surface area contributed by atoms with Gasteiger partial charge in [-0.2, -0.15) is 8.42 Å². The summed E-state index contributed by atoms with van der Waals surface area (Å²) < 4.78 is 29.7. The van der Waals surface area contributed by atoms with E-state index in [4.69, 9.17) is 0 Å². The van der Waals surface area contributed by atoms with Gasteiger partial charge in [-0.25, -0.2) is 4.98 Å². The molecule has 2 aromatic carbocycles. The standard InChI is InChI=1S/C17H13N3O2S3/c21-25(22)16-15(18-14(20-25)13-9-5-2-6-10-13)19-17(24-16)23-11-12-7-3-1-4-8-12/h1-10H,11H2,(H,18,20). The van der Waals surface area contributed by atoms with Crippen molar-refractivity contribution < 1.29 is 8.42 Å². The maximum atomic E-state index is 12.5. The Labute approximate surface area is 153 Å². The van der Waals surface area contributed by atoms with Crippen molar-refractivity contribution in [3.8, 4) is 0 Å². The minimum absolute atomic E-state index is 0.169. The van der Waals surface area contributed by atoms with E-state index >= 15 is 0 Å². The number of nitrogens with one attached hydrogen (secondary N) is 1. The quantitative estimate of drug-likeness (QED) is 0.685. The molecule has 1 aliphatic heterocycles. The molecule has 0 spiro atoms. The zero-order valence-electron chi connectivity index (χ0n) is 12.9. The van der Waals surface area contributed by atoms with E-state index in [0.29, 0.717) is 21.6 Å². The molecular weight excluding hydrogens is 374 g/mol. The van der Waals surface area contributed by atoms with Crippen molar-refractivity contribution in [2.45, 2.75) is 14.3 Å². The van der Waals surface area contributed by atoms with Gasteiger partial charge in [0.05, 0.1) is 0 Å². The Balaban J connectivity index is 1.60. The van der Waals surface area contributed by atoms with Crippen molar-refractivity contribution in [2.24, 2.45) is 4.40 Å². The van der Waals surface area contributed by atoms with Crippen LogP contribution in [0, 0.1) is 0 Å². The summed E-state index contributed by atoms with van der Waals surface area (Å²) in [5, 5.41) is 3.04. The zero-order valence-corrected chi connectivity index (χ0v) is 15.4. The van der Waals surface area contributed by atoms with Crippen LogP contribution in [0.5, 0.6) is 0 Å². The van der Waals surface area contributed by atoms with E-state index < -0.39 is 10.0 Å². The maximum Gasteiger partial charge on any atom is 0.297 e. The van der Waals surface area contributed by atoms with Crippen LogP contribution >= 0.6 is 23.1 Å². The Kier molecular flexibility index (Phi) is 4.32. The molecule has 0 radical (unpaired) electrons. The van der Waals surface area contributed by atoms with Crippen LogP contribution in [0.25, 0.3) is 0 Å². The third-order valence-corrected chi connectivity index (χ3v) is 7.54. The van der Waals surface area contributed by atoms with Gasteiger partial charge in [0.15, 0.2) is 20.2 Å². The highest BCUT2D eigenvalue weighted by Crippen LogP contribution is 2.38. The van der Waals surface area contributed by atoms with Crippen molar-refractivity contribution in [1.82, 2.24) is 4.98 Å². The lowest BCUT2D eigenvalue weighted by molar-refractivity contribution is 0.599. The minimum Gasteiger partial charge on any atom is -0.322 e.